The molecule has 0 atom stereocenters. The van der Waals surface area contributed by atoms with E-state index >= 15 is 0 Å². The van der Waals surface area contributed by atoms with Crippen LogP contribution in [0.1, 0.15) is 0 Å². The van der Waals surface area contributed by atoms with E-state index in [4.69, 9.17) is 9.15 Å². The molecule has 6 heteroatoms. The topological polar surface area (TPSA) is 100 Å². The summed E-state index contributed by atoms with van der Waals surface area (Å²) >= 11 is 0. The molecule has 0 spiro atoms. The molecule has 1 aromatic heterocycles. The second kappa shape index (κ2) is 5.00. The average Bonchev–Trinajstić information content (AvgIpc) is 2.51. The number of methoxy groups -OCH3 is 1. The highest BCUT2D eigenvalue weighted by Crippen LogP contribution is 2.46. The van der Waals surface area contributed by atoms with Crippen molar-refractivity contribution in [3.05, 3.63) is 46.8 Å². The molecule has 0 radical (unpaired) electrons. The first-order valence-electron chi connectivity index (χ1n) is 6.38. The van der Waals surface area contributed by atoms with E-state index in [9.17, 15) is 20.1 Å². The van der Waals surface area contributed by atoms with Crippen molar-refractivity contribution in [1.82, 2.24) is 0 Å². The summed E-state index contributed by atoms with van der Waals surface area (Å²) in [6.45, 7) is 0. The van der Waals surface area contributed by atoms with Crippen LogP contribution in [0.3, 0.4) is 0 Å². The van der Waals surface area contributed by atoms with Gasteiger partial charge in [-0.3, -0.25) is 0 Å². The lowest BCUT2D eigenvalue weighted by atomic mass is 10.0. The summed E-state index contributed by atoms with van der Waals surface area (Å²) in [6, 6.07) is 9.63. The number of phenolic OH excluding ortho intramolecular Hbond substituents is 2. The summed E-state index contributed by atoms with van der Waals surface area (Å²) in [5, 5.41) is 30.1. The average molecular weight is 300 g/mol. The maximum absolute atomic E-state index is 12.1. The van der Waals surface area contributed by atoms with E-state index < -0.39 is 22.9 Å². The highest BCUT2D eigenvalue weighted by molar-refractivity contribution is 5.97. The van der Waals surface area contributed by atoms with Gasteiger partial charge in [-0.15, -0.1) is 0 Å². The summed E-state index contributed by atoms with van der Waals surface area (Å²) in [6.07, 6.45) is 0. The van der Waals surface area contributed by atoms with Gasteiger partial charge in [-0.2, -0.15) is 0 Å². The van der Waals surface area contributed by atoms with Crippen molar-refractivity contribution >= 4 is 11.0 Å². The minimum absolute atomic E-state index is 0.0694. The highest BCUT2D eigenvalue weighted by atomic mass is 16.5. The molecule has 0 aliphatic carbocycles. The Morgan fingerprint density at radius 2 is 1.68 bits per heavy atom. The molecule has 0 saturated heterocycles. The maximum Gasteiger partial charge on any atom is 0.347 e. The first kappa shape index (κ1) is 13.8. The number of rotatable bonds is 2. The van der Waals surface area contributed by atoms with E-state index in [-0.39, 0.29) is 22.3 Å². The Morgan fingerprint density at radius 3 is 2.32 bits per heavy atom. The molecule has 0 aliphatic rings. The summed E-state index contributed by atoms with van der Waals surface area (Å²) in [5.74, 6) is -1.70. The third kappa shape index (κ3) is 1.93. The molecule has 0 aliphatic heterocycles. The van der Waals surface area contributed by atoms with Gasteiger partial charge < -0.3 is 24.5 Å². The zero-order chi connectivity index (χ0) is 15.9. The number of aromatic hydroxyl groups is 3. The Balaban J connectivity index is 2.44. The van der Waals surface area contributed by atoms with Crippen molar-refractivity contribution in [2.24, 2.45) is 0 Å². The van der Waals surface area contributed by atoms with Crippen LogP contribution in [0.2, 0.25) is 0 Å². The van der Waals surface area contributed by atoms with Crippen LogP contribution in [0.25, 0.3) is 22.1 Å². The summed E-state index contributed by atoms with van der Waals surface area (Å²) in [5.41, 5.74) is -0.504. The van der Waals surface area contributed by atoms with E-state index in [2.05, 4.69) is 0 Å². The van der Waals surface area contributed by atoms with E-state index in [1.165, 1.54) is 13.2 Å². The molecule has 2 aromatic carbocycles. The van der Waals surface area contributed by atoms with Gasteiger partial charge >= 0.3 is 5.63 Å². The van der Waals surface area contributed by atoms with Crippen molar-refractivity contribution in [3.8, 4) is 34.1 Å². The van der Waals surface area contributed by atoms with Crippen LogP contribution in [0.4, 0.5) is 0 Å². The second-order valence-corrected chi connectivity index (χ2v) is 4.63. The molecule has 0 unspecified atom stereocenters. The molecule has 3 N–H and O–H groups in total. The van der Waals surface area contributed by atoms with Crippen molar-refractivity contribution in [2.75, 3.05) is 7.11 Å². The predicted molar refractivity (Wildman–Crippen MR) is 79.5 cm³/mol. The summed E-state index contributed by atoms with van der Waals surface area (Å²) in [4.78, 5) is 12.1. The first-order chi connectivity index (χ1) is 10.5. The lowest BCUT2D eigenvalue weighted by Crippen LogP contribution is -2.03. The standard InChI is InChI=1S/C16H12O6/c1-21-10-7-9-12(15(19)13(10)17)14(18)11(16(20)22-9)8-5-3-2-4-6-8/h2-7,17-19H,1H3. The van der Waals surface area contributed by atoms with Crippen LogP contribution >= 0.6 is 0 Å². The fourth-order valence-electron chi connectivity index (χ4n) is 2.31. The first-order valence-corrected chi connectivity index (χ1v) is 6.38. The quantitative estimate of drug-likeness (QED) is 0.497. The predicted octanol–water partition coefficient (Wildman–Crippen LogP) is 2.59. The summed E-state index contributed by atoms with van der Waals surface area (Å²) in [7, 11) is 1.29. The van der Waals surface area contributed by atoms with Crippen molar-refractivity contribution in [3.63, 3.8) is 0 Å². The molecule has 0 bridgehead atoms. The number of ether oxygens (including phenoxy) is 1. The van der Waals surface area contributed by atoms with Crippen molar-refractivity contribution in [2.45, 2.75) is 0 Å². The normalized spacial score (nSPS) is 10.8. The van der Waals surface area contributed by atoms with Gasteiger partial charge in [0.05, 0.1) is 7.11 Å². The fourth-order valence-corrected chi connectivity index (χ4v) is 2.31. The largest absolute Gasteiger partial charge is 0.506 e. The second-order valence-electron chi connectivity index (χ2n) is 4.63. The van der Waals surface area contributed by atoms with Gasteiger partial charge in [-0.25, -0.2) is 4.79 Å². The Morgan fingerprint density at radius 1 is 1.00 bits per heavy atom. The molecule has 0 saturated carbocycles. The number of phenols is 2. The Kier molecular flexibility index (Phi) is 3.14. The molecule has 6 nitrogen and oxygen atoms in total. The lowest BCUT2D eigenvalue weighted by Gasteiger charge is -2.11. The molecule has 3 rings (SSSR count). The Bertz CT molecular complexity index is 912. The number of hydrogen-bond acceptors (Lipinski definition) is 6. The van der Waals surface area contributed by atoms with E-state index in [0.717, 1.165) is 0 Å². The van der Waals surface area contributed by atoms with Gasteiger partial charge in [-0.05, 0) is 5.56 Å². The smallest absolute Gasteiger partial charge is 0.347 e. The molecule has 0 fully saturated rings. The fraction of sp³-hybridized carbons (Fsp3) is 0.0625. The van der Waals surface area contributed by atoms with Crippen LogP contribution in [0.15, 0.2) is 45.6 Å². The van der Waals surface area contributed by atoms with Gasteiger partial charge in [0.1, 0.15) is 22.3 Å². The molecule has 112 valence electrons. The summed E-state index contributed by atoms with van der Waals surface area (Å²) < 4.78 is 10.0. The van der Waals surface area contributed by atoms with Crippen LogP contribution in [-0.2, 0) is 0 Å². The zero-order valence-corrected chi connectivity index (χ0v) is 11.5. The third-order valence-corrected chi connectivity index (χ3v) is 3.37. The number of hydrogen-bond donors (Lipinski definition) is 3. The third-order valence-electron chi connectivity index (χ3n) is 3.37. The van der Waals surface area contributed by atoms with Gasteiger partial charge in [0.2, 0.25) is 5.75 Å². The number of fused-ring (bicyclic) bond motifs is 1. The van der Waals surface area contributed by atoms with E-state index in [1.54, 1.807) is 30.3 Å². The Hall–Kier alpha value is -3.15. The minimum atomic E-state index is -0.761. The minimum Gasteiger partial charge on any atom is -0.506 e. The monoisotopic (exact) mass is 300 g/mol. The molecular formula is C16H12O6. The van der Waals surface area contributed by atoms with Gasteiger partial charge in [-0.1, -0.05) is 30.3 Å². The number of benzene rings is 2. The maximum atomic E-state index is 12.1. The molecule has 0 amide bonds. The SMILES string of the molecule is COc1cc2oc(=O)c(-c3ccccc3)c(O)c2c(O)c1O. The van der Waals surface area contributed by atoms with Crippen molar-refractivity contribution < 1.29 is 24.5 Å². The zero-order valence-electron chi connectivity index (χ0n) is 11.5. The van der Waals surface area contributed by atoms with Crippen molar-refractivity contribution in [1.29, 1.82) is 0 Å². The van der Waals surface area contributed by atoms with E-state index in [1.807, 2.05) is 0 Å². The van der Waals surface area contributed by atoms with Gasteiger partial charge in [0.25, 0.3) is 0 Å². The molecular weight excluding hydrogens is 288 g/mol. The Labute approximate surface area is 124 Å². The van der Waals surface area contributed by atoms with Crippen LogP contribution in [0, 0.1) is 0 Å². The molecule has 1 heterocycles. The van der Waals surface area contributed by atoms with Crippen LogP contribution in [-0.4, -0.2) is 22.4 Å². The van der Waals surface area contributed by atoms with E-state index in [0.29, 0.717) is 5.56 Å². The van der Waals surface area contributed by atoms with Gasteiger partial charge in [0.15, 0.2) is 11.5 Å². The van der Waals surface area contributed by atoms with Crippen LogP contribution < -0.4 is 10.4 Å². The highest BCUT2D eigenvalue weighted by Gasteiger charge is 2.22. The van der Waals surface area contributed by atoms with Crippen LogP contribution in [0.5, 0.6) is 23.0 Å². The molecule has 22 heavy (non-hydrogen) atoms. The van der Waals surface area contributed by atoms with Gasteiger partial charge in [0, 0.05) is 6.07 Å². The lowest BCUT2D eigenvalue weighted by molar-refractivity contribution is 0.351. The molecule has 3 aromatic rings.